The van der Waals surface area contributed by atoms with Gasteiger partial charge in [0.2, 0.25) is 0 Å². The molecule has 0 spiro atoms. The number of rotatable bonds is 3. The minimum atomic E-state index is -0.813. The van der Waals surface area contributed by atoms with Gasteiger partial charge in [-0.15, -0.1) is 0 Å². The molecule has 4 nitrogen and oxygen atoms in total. The normalized spacial score (nSPS) is 14.6. The number of carboxylic acids is 1. The number of benzene rings is 1. The quantitative estimate of drug-likeness (QED) is 0.920. The van der Waals surface area contributed by atoms with E-state index >= 15 is 0 Å². The maximum absolute atomic E-state index is 11.0. The van der Waals surface area contributed by atoms with Crippen LogP contribution in [0.25, 0.3) is 11.0 Å². The van der Waals surface area contributed by atoms with Gasteiger partial charge in [-0.25, -0.2) is 4.98 Å². The van der Waals surface area contributed by atoms with Crippen LogP contribution in [0.5, 0.6) is 0 Å². The first-order valence-electron chi connectivity index (χ1n) is 6.91. The van der Waals surface area contributed by atoms with Crippen molar-refractivity contribution < 1.29 is 9.90 Å². The lowest BCUT2D eigenvalue weighted by Crippen LogP contribution is -2.11. The smallest absolute Gasteiger partial charge is 0.323 e. The summed E-state index contributed by atoms with van der Waals surface area (Å²) in [5.74, 6) is 0.0477. The third-order valence-electron chi connectivity index (χ3n) is 3.90. The molecule has 0 amide bonds. The highest BCUT2D eigenvalue weighted by Gasteiger charge is 2.16. The van der Waals surface area contributed by atoms with Crippen molar-refractivity contribution >= 4 is 17.0 Å². The first kappa shape index (κ1) is 12.2. The van der Waals surface area contributed by atoms with Gasteiger partial charge in [0, 0.05) is 6.42 Å². The van der Waals surface area contributed by atoms with E-state index in [-0.39, 0.29) is 6.54 Å². The fraction of sp³-hybridized carbons (Fsp3) is 0.467. The fourth-order valence-electron chi connectivity index (χ4n) is 2.99. The second kappa shape index (κ2) is 4.68. The SMILES string of the molecule is CCc1nc2cc3c(cc2n1CC(=O)O)CCCC3. The van der Waals surface area contributed by atoms with E-state index in [9.17, 15) is 4.79 Å². The van der Waals surface area contributed by atoms with Gasteiger partial charge in [-0.3, -0.25) is 4.79 Å². The van der Waals surface area contributed by atoms with Gasteiger partial charge in [-0.05, 0) is 48.9 Å². The average Bonchev–Trinajstić information content (AvgIpc) is 2.73. The van der Waals surface area contributed by atoms with Crippen molar-refractivity contribution in [2.24, 2.45) is 0 Å². The van der Waals surface area contributed by atoms with E-state index in [0.717, 1.165) is 36.1 Å². The Labute approximate surface area is 112 Å². The molecular formula is C15H18N2O2. The van der Waals surface area contributed by atoms with Crippen molar-refractivity contribution in [3.63, 3.8) is 0 Å². The molecule has 3 rings (SSSR count). The van der Waals surface area contributed by atoms with Crippen LogP contribution in [0.15, 0.2) is 12.1 Å². The Bertz CT molecular complexity index is 643. The van der Waals surface area contributed by atoms with E-state index in [0.29, 0.717) is 0 Å². The Morgan fingerprint density at radius 3 is 2.63 bits per heavy atom. The largest absolute Gasteiger partial charge is 0.480 e. The minimum Gasteiger partial charge on any atom is -0.480 e. The van der Waals surface area contributed by atoms with E-state index in [1.54, 1.807) is 0 Å². The number of aryl methyl sites for hydroxylation is 3. The molecule has 0 aliphatic heterocycles. The Kier molecular flexibility index (Phi) is 3.01. The number of imidazole rings is 1. The van der Waals surface area contributed by atoms with Crippen LogP contribution in [0, 0.1) is 0 Å². The van der Waals surface area contributed by atoms with Crippen molar-refractivity contribution in [3.05, 3.63) is 29.1 Å². The van der Waals surface area contributed by atoms with Gasteiger partial charge in [0.1, 0.15) is 12.4 Å². The third-order valence-corrected chi connectivity index (χ3v) is 3.90. The summed E-state index contributed by atoms with van der Waals surface area (Å²) in [6.45, 7) is 2.01. The van der Waals surface area contributed by atoms with Crippen LogP contribution in [-0.4, -0.2) is 20.6 Å². The summed E-state index contributed by atoms with van der Waals surface area (Å²) in [6, 6.07) is 4.31. The molecule has 1 aromatic heterocycles. The molecule has 1 aliphatic carbocycles. The van der Waals surface area contributed by atoms with Crippen LogP contribution in [0.3, 0.4) is 0 Å². The molecule has 0 unspecified atom stereocenters. The third kappa shape index (κ3) is 2.11. The van der Waals surface area contributed by atoms with Gasteiger partial charge < -0.3 is 9.67 Å². The summed E-state index contributed by atoms with van der Waals surface area (Å²) < 4.78 is 1.84. The number of hydrogen-bond acceptors (Lipinski definition) is 2. The van der Waals surface area contributed by atoms with Crippen LogP contribution in [0.1, 0.15) is 36.7 Å². The van der Waals surface area contributed by atoms with Crippen molar-refractivity contribution in [2.75, 3.05) is 0 Å². The first-order chi connectivity index (χ1) is 9.19. The average molecular weight is 258 g/mol. The Morgan fingerprint density at radius 2 is 2.00 bits per heavy atom. The Balaban J connectivity index is 2.19. The van der Waals surface area contributed by atoms with Crippen LogP contribution >= 0.6 is 0 Å². The van der Waals surface area contributed by atoms with Gasteiger partial charge in [0.25, 0.3) is 0 Å². The molecule has 0 fully saturated rings. The molecule has 0 saturated carbocycles. The lowest BCUT2D eigenvalue weighted by atomic mass is 9.91. The summed E-state index contributed by atoms with van der Waals surface area (Å²) in [4.78, 5) is 15.6. The topological polar surface area (TPSA) is 55.1 Å². The fourth-order valence-corrected chi connectivity index (χ4v) is 2.99. The molecule has 1 aliphatic rings. The minimum absolute atomic E-state index is 0.00153. The second-order valence-electron chi connectivity index (χ2n) is 5.18. The molecule has 0 saturated heterocycles. The van der Waals surface area contributed by atoms with Crippen LogP contribution in [0.4, 0.5) is 0 Å². The standard InChI is InChI=1S/C15H18N2O2/c1-2-14-16-12-7-10-5-3-4-6-11(10)8-13(12)17(14)9-15(18)19/h7-8H,2-6,9H2,1H3,(H,18,19). The number of aromatic nitrogens is 2. The van der Waals surface area contributed by atoms with E-state index in [1.807, 2.05) is 11.5 Å². The lowest BCUT2D eigenvalue weighted by Gasteiger charge is -2.15. The van der Waals surface area contributed by atoms with Crippen molar-refractivity contribution in [1.29, 1.82) is 0 Å². The highest BCUT2D eigenvalue weighted by molar-refractivity contribution is 5.80. The van der Waals surface area contributed by atoms with Crippen molar-refractivity contribution in [1.82, 2.24) is 9.55 Å². The lowest BCUT2D eigenvalue weighted by molar-refractivity contribution is -0.137. The molecular weight excluding hydrogens is 240 g/mol. The molecule has 19 heavy (non-hydrogen) atoms. The summed E-state index contributed by atoms with van der Waals surface area (Å²) in [6.07, 6.45) is 5.46. The highest BCUT2D eigenvalue weighted by atomic mass is 16.4. The molecule has 1 aromatic carbocycles. The zero-order chi connectivity index (χ0) is 13.4. The summed E-state index contributed by atoms with van der Waals surface area (Å²) >= 11 is 0. The van der Waals surface area contributed by atoms with E-state index in [1.165, 1.54) is 24.0 Å². The van der Waals surface area contributed by atoms with Gasteiger partial charge in [0.15, 0.2) is 0 Å². The number of hydrogen-bond donors (Lipinski definition) is 1. The predicted molar refractivity (Wildman–Crippen MR) is 73.4 cm³/mol. The molecule has 0 radical (unpaired) electrons. The number of fused-ring (bicyclic) bond motifs is 2. The van der Waals surface area contributed by atoms with Crippen LogP contribution in [0.2, 0.25) is 0 Å². The molecule has 0 bridgehead atoms. The number of carboxylic acid groups (broad SMARTS) is 1. The van der Waals surface area contributed by atoms with E-state index < -0.39 is 5.97 Å². The zero-order valence-corrected chi connectivity index (χ0v) is 11.1. The van der Waals surface area contributed by atoms with Gasteiger partial charge in [-0.1, -0.05) is 6.92 Å². The molecule has 1 N–H and O–H groups in total. The van der Waals surface area contributed by atoms with E-state index in [2.05, 4.69) is 17.1 Å². The number of nitrogens with zero attached hydrogens (tertiary/aromatic N) is 2. The van der Waals surface area contributed by atoms with Crippen molar-refractivity contribution in [2.45, 2.75) is 45.6 Å². The van der Waals surface area contributed by atoms with Crippen molar-refractivity contribution in [3.8, 4) is 0 Å². The van der Waals surface area contributed by atoms with Gasteiger partial charge >= 0.3 is 5.97 Å². The van der Waals surface area contributed by atoms with Gasteiger partial charge in [-0.2, -0.15) is 0 Å². The number of aliphatic carboxylic acids is 1. The molecule has 1 heterocycles. The number of carbonyl (C=O) groups is 1. The monoisotopic (exact) mass is 258 g/mol. The highest BCUT2D eigenvalue weighted by Crippen LogP contribution is 2.27. The maximum atomic E-state index is 11.0. The predicted octanol–water partition coefficient (Wildman–Crippen LogP) is 2.56. The molecule has 100 valence electrons. The summed E-state index contributed by atoms with van der Waals surface area (Å²) in [7, 11) is 0. The summed E-state index contributed by atoms with van der Waals surface area (Å²) in [5.41, 5.74) is 4.67. The second-order valence-corrected chi connectivity index (χ2v) is 5.18. The Hall–Kier alpha value is -1.84. The molecule has 0 atom stereocenters. The van der Waals surface area contributed by atoms with E-state index in [4.69, 9.17) is 5.11 Å². The van der Waals surface area contributed by atoms with Crippen LogP contribution in [-0.2, 0) is 30.6 Å². The first-order valence-corrected chi connectivity index (χ1v) is 6.91. The Morgan fingerprint density at radius 1 is 1.32 bits per heavy atom. The van der Waals surface area contributed by atoms with Crippen LogP contribution < -0.4 is 0 Å². The molecule has 2 aromatic rings. The summed E-state index contributed by atoms with van der Waals surface area (Å²) in [5, 5.41) is 9.05. The molecule has 4 heteroatoms. The van der Waals surface area contributed by atoms with Gasteiger partial charge in [0.05, 0.1) is 11.0 Å². The zero-order valence-electron chi connectivity index (χ0n) is 11.1. The maximum Gasteiger partial charge on any atom is 0.323 e.